The van der Waals surface area contributed by atoms with Gasteiger partial charge in [-0.15, -0.1) is 0 Å². The van der Waals surface area contributed by atoms with Gasteiger partial charge in [-0.2, -0.15) is 0 Å². The number of methoxy groups -OCH3 is 2. The lowest BCUT2D eigenvalue weighted by Crippen LogP contribution is -2.52. The minimum absolute atomic E-state index is 0.0244. The fourth-order valence-corrected chi connectivity index (χ4v) is 10.5. The number of carbonyl (C=O) groups is 4. The van der Waals surface area contributed by atoms with Gasteiger partial charge in [0.2, 0.25) is 11.8 Å². The minimum Gasteiger partial charge on any atom is -0.488 e. The van der Waals surface area contributed by atoms with E-state index in [1.165, 1.54) is 14.2 Å². The van der Waals surface area contributed by atoms with E-state index in [0.29, 0.717) is 13.2 Å². The van der Waals surface area contributed by atoms with E-state index in [4.69, 9.17) is 24.2 Å². The Balaban J connectivity index is 0.959. The summed E-state index contributed by atoms with van der Waals surface area (Å²) in [5, 5.41) is 7.60. The predicted octanol–water partition coefficient (Wildman–Crippen LogP) is 8.31. The van der Waals surface area contributed by atoms with E-state index >= 15 is 0 Å². The standard InChI is InChI=1S/C48H58N8O7/c1-25(2)40(53-47(59)61-5)46(58)56-27(4)12-17-37(56)44-50-35-16-14-29-20-34-32-15-13-30(19-31(32)24-63-39(34)21-33(29)42(35)52-44)36-22-49-43(51-36)38-18-26(3)23-55(38)45(57)41(54-48(60)62-6)28-10-8-7-9-11-28/h13-16,19-22,25-28,37-38,40-41H,7-12,17-18,23-24H2,1-6H3,(H,49,51)(H,50,52)(H,53,59)(H,54,60)/t26-,27-,37-,38?,40-,41+/m0/s1. The van der Waals surface area contributed by atoms with E-state index in [1.54, 1.807) is 0 Å². The molecular formula is C48H58N8O7. The Labute approximate surface area is 367 Å². The number of hydrogen-bond donors (Lipinski definition) is 4. The van der Waals surface area contributed by atoms with Crippen LogP contribution < -0.4 is 15.4 Å². The van der Waals surface area contributed by atoms with Crippen LogP contribution in [0.3, 0.4) is 0 Å². The second-order valence-electron chi connectivity index (χ2n) is 18.4. The first-order valence-corrected chi connectivity index (χ1v) is 22.5. The molecule has 63 heavy (non-hydrogen) atoms. The van der Waals surface area contributed by atoms with Crippen LogP contribution in [0.2, 0.25) is 0 Å². The number of benzene rings is 3. The van der Waals surface area contributed by atoms with Gasteiger partial charge in [-0.3, -0.25) is 9.59 Å². The van der Waals surface area contributed by atoms with Crippen LogP contribution in [-0.4, -0.2) is 92.6 Å². The average Bonchev–Trinajstić information content (AvgIpc) is 4.12. The van der Waals surface area contributed by atoms with Crippen molar-refractivity contribution >= 4 is 45.8 Å². The highest BCUT2D eigenvalue weighted by atomic mass is 16.5. The SMILES string of the molecule is COC(=O)N[C@H](C(=O)N1[C@@H](C)CC[C@H]1c1nc2c(ccc3cc4c(cc32)OCc2cc(-c3cnc(C5C[C@H](C)CN5C(=O)[C@H](NC(=O)OC)C5CCCCC5)[nH]3)ccc2-4)[nH]1)C(C)C. The molecular weight excluding hydrogens is 801 g/mol. The fraction of sp³-hybridized carbons (Fsp3) is 0.500. The molecule has 0 radical (unpaired) electrons. The van der Waals surface area contributed by atoms with Gasteiger partial charge in [-0.25, -0.2) is 19.6 Å². The molecule has 3 fully saturated rings. The molecule has 15 heteroatoms. The summed E-state index contributed by atoms with van der Waals surface area (Å²) in [6.07, 6.45) is 8.02. The number of carbonyl (C=O) groups excluding carboxylic acids is 4. The summed E-state index contributed by atoms with van der Waals surface area (Å²) >= 11 is 0. The summed E-state index contributed by atoms with van der Waals surface area (Å²) in [4.78, 5) is 73.6. The first-order valence-electron chi connectivity index (χ1n) is 22.5. The van der Waals surface area contributed by atoms with Crippen molar-refractivity contribution in [2.45, 2.75) is 116 Å². The van der Waals surface area contributed by atoms with Gasteiger partial charge in [0.15, 0.2) is 0 Å². The van der Waals surface area contributed by atoms with E-state index < -0.39 is 24.3 Å². The first kappa shape index (κ1) is 42.2. The molecule has 0 spiro atoms. The van der Waals surface area contributed by atoms with Crippen LogP contribution in [0.4, 0.5) is 9.59 Å². The van der Waals surface area contributed by atoms with E-state index in [2.05, 4.69) is 63.9 Å². The van der Waals surface area contributed by atoms with Crippen LogP contribution in [0.1, 0.15) is 108 Å². The number of aromatic nitrogens is 4. The lowest BCUT2D eigenvalue weighted by Gasteiger charge is -2.34. The van der Waals surface area contributed by atoms with E-state index in [-0.39, 0.29) is 47.7 Å². The molecule has 1 saturated carbocycles. The molecule has 5 aromatic rings. The van der Waals surface area contributed by atoms with E-state index in [9.17, 15) is 19.2 Å². The van der Waals surface area contributed by atoms with Crippen LogP contribution in [-0.2, 0) is 25.7 Å². The van der Waals surface area contributed by atoms with Gasteiger partial charge < -0.3 is 44.6 Å². The van der Waals surface area contributed by atoms with Crippen molar-refractivity contribution in [2.24, 2.45) is 17.8 Å². The molecule has 3 aromatic carbocycles. The van der Waals surface area contributed by atoms with Crippen LogP contribution in [0.15, 0.2) is 48.7 Å². The van der Waals surface area contributed by atoms with E-state index in [0.717, 1.165) is 119 Å². The molecule has 6 atom stereocenters. The maximum absolute atomic E-state index is 14.3. The monoisotopic (exact) mass is 858 g/mol. The topological polar surface area (TPSA) is 184 Å². The van der Waals surface area contributed by atoms with Crippen molar-refractivity contribution in [1.29, 1.82) is 0 Å². The van der Waals surface area contributed by atoms with Crippen molar-refractivity contribution in [3.8, 4) is 28.1 Å². The van der Waals surface area contributed by atoms with Gasteiger partial charge >= 0.3 is 12.2 Å². The average molecular weight is 859 g/mol. The summed E-state index contributed by atoms with van der Waals surface area (Å²) in [6.45, 7) is 9.00. The van der Waals surface area contributed by atoms with Crippen molar-refractivity contribution in [3.63, 3.8) is 0 Å². The number of nitrogens with one attached hydrogen (secondary N) is 4. The molecule has 2 saturated heterocycles. The molecule has 4 amide bonds. The number of ether oxygens (including phenoxy) is 3. The Morgan fingerprint density at radius 3 is 2.38 bits per heavy atom. The Morgan fingerprint density at radius 2 is 1.62 bits per heavy atom. The Morgan fingerprint density at radius 1 is 0.841 bits per heavy atom. The van der Waals surface area contributed by atoms with Gasteiger partial charge in [0.05, 0.1) is 49.2 Å². The van der Waals surface area contributed by atoms with Crippen LogP contribution >= 0.6 is 0 Å². The summed E-state index contributed by atoms with van der Waals surface area (Å²) in [7, 11) is 2.63. The maximum Gasteiger partial charge on any atom is 0.407 e. The Kier molecular flexibility index (Phi) is 11.5. The van der Waals surface area contributed by atoms with Gasteiger partial charge in [-0.05, 0) is 103 Å². The zero-order valence-corrected chi connectivity index (χ0v) is 37.0. The van der Waals surface area contributed by atoms with E-state index in [1.807, 2.05) is 42.8 Å². The third-order valence-electron chi connectivity index (χ3n) is 13.9. The lowest BCUT2D eigenvalue weighted by molar-refractivity contribution is -0.137. The second-order valence-corrected chi connectivity index (χ2v) is 18.4. The van der Waals surface area contributed by atoms with Gasteiger partial charge in [0.25, 0.3) is 0 Å². The van der Waals surface area contributed by atoms with Crippen molar-refractivity contribution in [2.75, 3.05) is 20.8 Å². The van der Waals surface area contributed by atoms with Crippen molar-refractivity contribution in [1.82, 2.24) is 40.4 Å². The first-order chi connectivity index (χ1) is 30.4. The molecule has 2 aromatic heterocycles. The smallest absolute Gasteiger partial charge is 0.407 e. The number of alkyl carbamates (subject to hydrolysis) is 2. The van der Waals surface area contributed by atoms with Crippen LogP contribution in [0, 0.1) is 17.8 Å². The van der Waals surface area contributed by atoms with Crippen LogP contribution in [0.25, 0.3) is 44.2 Å². The number of rotatable bonds is 9. The Bertz CT molecular complexity index is 2560. The van der Waals surface area contributed by atoms with Crippen LogP contribution in [0.5, 0.6) is 5.75 Å². The number of imidazole rings is 2. The molecule has 3 aliphatic heterocycles. The zero-order valence-electron chi connectivity index (χ0n) is 37.0. The predicted molar refractivity (Wildman–Crippen MR) is 238 cm³/mol. The molecule has 5 heterocycles. The molecule has 332 valence electrons. The molecule has 1 aliphatic carbocycles. The fourth-order valence-electron chi connectivity index (χ4n) is 10.5. The number of hydrogen-bond acceptors (Lipinski definition) is 9. The molecule has 15 nitrogen and oxygen atoms in total. The number of amides is 4. The third-order valence-corrected chi connectivity index (χ3v) is 13.9. The summed E-state index contributed by atoms with van der Waals surface area (Å²) < 4.78 is 16.2. The maximum atomic E-state index is 14.3. The van der Waals surface area contributed by atoms with Crippen molar-refractivity contribution in [3.05, 3.63) is 65.9 Å². The highest BCUT2D eigenvalue weighted by Gasteiger charge is 2.43. The summed E-state index contributed by atoms with van der Waals surface area (Å²) in [5.41, 5.74) is 6.65. The lowest BCUT2D eigenvalue weighted by atomic mass is 9.83. The van der Waals surface area contributed by atoms with Crippen molar-refractivity contribution < 1.29 is 33.4 Å². The minimum atomic E-state index is -0.725. The summed E-state index contributed by atoms with van der Waals surface area (Å²) in [5.74, 6) is 2.23. The molecule has 0 bridgehead atoms. The second kappa shape index (κ2) is 17.2. The quantitative estimate of drug-likeness (QED) is 0.113. The molecule has 4 N–H and O–H groups in total. The number of fused-ring (bicyclic) bond motifs is 6. The number of aromatic amines is 2. The number of likely N-dealkylation sites (tertiary alicyclic amines) is 2. The highest BCUT2D eigenvalue weighted by molar-refractivity contribution is 6.07. The van der Waals surface area contributed by atoms with Gasteiger partial charge in [-0.1, -0.05) is 58.2 Å². The largest absolute Gasteiger partial charge is 0.488 e. The normalized spacial score (nSPS) is 22.1. The molecule has 1 unspecified atom stereocenters. The highest BCUT2D eigenvalue weighted by Crippen LogP contribution is 2.44. The number of nitrogens with zero attached hydrogens (tertiary/aromatic N) is 4. The zero-order chi connectivity index (χ0) is 44.1. The van der Waals surface area contributed by atoms with Gasteiger partial charge in [0, 0.05) is 23.5 Å². The summed E-state index contributed by atoms with van der Waals surface area (Å²) in [6, 6.07) is 12.8. The molecule has 4 aliphatic rings. The molecule has 9 rings (SSSR count). The number of H-pyrrole nitrogens is 2. The Hall–Kier alpha value is -6.12. The third kappa shape index (κ3) is 7.95. The van der Waals surface area contributed by atoms with Gasteiger partial charge in [0.1, 0.15) is 36.1 Å².